The van der Waals surface area contributed by atoms with Crippen molar-refractivity contribution < 1.29 is 0 Å². The summed E-state index contributed by atoms with van der Waals surface area (Å²) in [6.45, 7) is 7.71. The maximum absolute atomic E-state index is 4.09. The zero-order valence-electron chi connectivity index (χ0n) is 13.4. The number of rotatable bonds is 7. The molecule has 1 heterocycles. The molecule has 0 aliphatic heterocycles. The normalized spacial score (nSPS) is 12.3. The van der Waals surface area contributed by atoms with Crippen molar-refractivity contribution in [2.24, 2.45) is 0 Å². The van der Waals surface area contributed by atoms with Crippen molar-refractivity contribution in [1.29, 1.82) is 0 Å². The monoisotopic (exact) mass is 282 g/mol. The molecular weight excluding hydrogens is 256 g/mol. The average Bonchev–Trinajstić information content (AvgIpc) is 2.52. The van der Waals surface area contributed by atoms with Crippen molar-refractivity contribution in [3.63, 3.8) is 0 Å². The lowest BCUT2D eigenvalue weighted by Gasteiger charge is -2.22. The van der Waals surface area contributed by atoms with E-state index >= 15 is 0 Å². The predicted molar refractivity (Wildman–Crippen MR) is 89.5 cm³/mol. The highest BCUT2D eigenvalue weighted by atomic mass is 14.9. The summed E-state index contributed by atoms with van der Waals surface area (Å²) in [7, 11) is 0. The fourth-order valence-corrected chi connectivity index (χ4v) is 2.70. The number of nitrogens with zero attached hydrogens (tertiary/aromatic N) is 1. The Morgan fingerprint density at radius 3 is 2.57 bits per heavy atom. The van der Waals surface area contributed by atoms with Crippen molar-refractivity contribution in [2.75, 3.05) is 6.54 Å². The number of hydrogen-bond donors (Lipinski definition) is 1. The molecule has 2 aromatic rings. The molecule has 0 amide bonds. The second-order valence-electron chi connectivity index (χ2n) is 5.69. The molecule has 0 radical (unpaired) electrons. The van der Waals surface area contributed by atoms with Gasteiger partial charge in [-0.1, -0.05) is 25.1 Å². The first kappa shape index (κ1) is 15.7. The fraction of sp³-hybridized carbons (Fsp3) is 0.421. The molecule has 0 saturated heterocycles. The standard InChI is InChI=1S/C19H26N2/c1-4-12-21-19(9-8-17-10-13-20-14-11-17)18-7-5-6-15(2)16(18)3/h5-7,10-11,13-14,19,21H,4,8-9,12H2,1-3H3. The summed E-state index contributed by atoms with van der Waals surface area (Å²) in [5.74, 6) is 0. The summed E-state index contributed by atoms with van der Waals surface area (Å²) < 4.78 is 0. The van der Waals surface area contributed by atoms with Gasteiger partial charge in [-0.25, -0.2) is 0 Å². The Kier molecular flexibility index (Phi) is 5.94. The number of hydrogen-bond acceptors (Lipinski definition) is 2. The van der Waals surface area contributed by atoms with Gasteiger partial charge in [-0.3, -0.25) is 4.98 Å². The van der Waals surface area contributed by atoms with Crippen LogP contribution in [-0.2, 0) is 6.42 Å². The Hall–Kier alpha value is -1.67. The highest BCUT2D eigenvalue weighted by Gasteiger charge is 2.13. The topological polar surface area (TPSA) is 24.9 Å². The molecule has 0 bridgehead atoms. The van der Waals surface area contributed by atoms with Crippen LogP contribution in [0.1, 0.15) is 48.1 Å². The summed E-state index contributed by atoms with van der Waals surface area (Å²) >= 11 is 0. The zero-order valence-corrected chi connectivity index (χ0v) is 13.4. The first-order valence-corrected chi connectivity index (χ1v) is 7.90. The Bertz CT molecular complexity index is 549. The Morgan fingerprint density at radius 2 is 1.86 bits per heavy atom. The molecule has 1 atom stereocenters. The third-order valence-corrected chi connectivity index (χ3v) is 4.13. The molecule has 1 N–H and O–H groups in total. The Balaban J connectivity index is 2.12. The highest BCUT2D eigenvalue weighted by molar-refractivity contribution is 5.35. The van der Waals surface area contributed by atoms with Gasteiger partial charge in [0.15, 0.2) is 0 Å². The molecule has 0 aliphatic rings. The van der Waals surface area contributed by atoms with Gasteiger partial charge in [-0.15, -0.1) is 0 Å². The smallest absolute Gasteiger partial charge is 0.0326 e. The minimum absolute atomic E-state index is 0.429. The maximum atomic E-state index is 4.09. The molecule has 1 unspecified atom stereocenters. The first-order chi connectivity index (χ1) is 10.2. The number of aromatic nitrogens is 1. The molecule has 112 valence electrons. The minimum atomic E-state index is 0.429. The second kappa shape index (κ2) is 7.94. The lowest BCUT2D eigenvalue weighted by atomic mass is 9.93. The maximum Gasteiger partial charge on any atom is 0.0326 e. The van der Waals surface area contributed by atoms with E-state index in [1.807, 2.05) is 12.4 Å². The van der Waals surface area contributed by atoms with Crippen LogP contribution in [-0.4, -0.2) is 11.5 Å². The molecule has 0 saturated carbocycles. The number of pyridine rings is 1. The molecule has 2 heteroatoms. The van der Waals surface area contributed by atoms with Gasteiger partial charge in [0.25, 0.3) is 0 Å². The minimum Gasteiger partial charge on any atom is -0.310 e. The summed E-state index contributed by atoms with van der Waals surface area (Å²) in [5.41, 5.74) is 5.59. The van der Waals surface area contributed by atoms with Crippen LogP contribution in [0.4, 0.5) is 0 Å². The van der Waals surface area contributed by atoms with Gasteiger partial charge in [0.05, 0.1) is 0 Å². The summed E-state index contributed by atoms with van der Waals surface area (Å²) in [5, 5.41) is 3.71. The van der Waals surface area contributed by atoms with E-state index in [0.29, 0.717) is 6.04 Å². The van der Waals surface area contributed by atoms with Crippen LogP contribution in [0.3, 0.4) is 0 Å². The van der Waals surface area contributed by atoms with Crippen molar-refractivity contribution in [2.45, 2.75) is 46.1 Å². The second-order valence-corrected chi connectivity index (χ2v) is 5.69. The van der Waals surface area contributed by atoms with Crippen molar-refractivity contribution in [3.05, 3.63) is 65.0 Å². The van der Waals surface area contributed by atoms with Crippen LogP contribution in [0.2, 0.25) is 0 Å². The molecule has 2 nitrogen and oxygen atoms in total. The SMILES string of the molecule is CCCNC(CCc1ccncc1)c1cccc(C)c1C. The molecule has 2 rings (SSSR count). The Morgan fingerprint density at radius 1 is 1.10 bits per heavy atom. The van der Waals surface area contributed by atoms with Gasteiger partial charge in [0, 0.05) is 18.4 Å². The largest absolute Gasteiger partial charge is 0.310 e. The van der Waals surface area contributed by atoms with Crippen molar-refractivity contribution >= 4 is 0 Å². The highest BCUT2D eigenvalue weighted by Crippen LogP contribution is 2.24. The average molecular weight is 282 g/mol. The van der Waals surface area contributed by atoms with Crippen LogP contribution >= 0.6 is 0 Å². The van der Waals surface area contributed by atoms with Gasteiger partial charge in [0.2, 0.25) is 0 Å². The van der Waals surface area contributed by atoms with Crippen LogP contribution in [0.15, 0.2) is 42.7 Å². The lowest BCUT2D eigenvalue weighted by Crippen LogP contribution is -2.23. The number of aryl methyl sites for hydroxylation is 2. The van der Waals surface area contributed by atoms with Crippen LogP contribution in [0.5, 0.6) is 0 Å². The van der Waals surface area contributed by atoms with E-state index < -0.39 is 0 Å². The first-order valence-electron chi connectivity index (χ1n) is 7.90. The van der Waals surface area contributed by atoms with E-state index in [-0.39, 0.29) is 0 Å². The molecule has 21 heavy (non-hydrogen) atoms. The van der Waals surface area contributed by atoms with Gasteiger partial charge in [-0.05, 0) is 74.0 Å². The molecule has 0 spiro atoms. The van der Waals surface area contributed by atoms with Gasteiger partial charge >= 0.3 is 0 Å². The van der Waals surface area contributed by atoms with E-state index in [0.717, 1.165) is 25.8 Å². The van der Waals surface area contributed by atoms with Crippen molar-refractivity contribution in [3.8, 4) is 0 Å². The number of benzene rings is 1. The molecule has 0 aliphatic carbocycles. The molecule has 1 aromatic heterocycles. The fourth-order valence-electron chi connectivity index (χ4n) is 2.70. The molecule has 1 aromatic carbocycles. The quantitative estimate of drug-likeness (QED) is 0.815. The summed E-state index contributed by atoms with van der Waals surface area (Å²) in [4.78, 5) is 4.09. The van der Waals surface area contributed by atoms with E-state index in [1.54, 1.807) is 0 Å². The van der Waals surface area contributed by atoms with Gasteiger partial charge < -0.3 is 5.32 Å². The third-order valence-electron chi connectivity index (χ3n) is 4.13. The van der Waals surface area contributed by atoms with Gasteiger partial charge in [0.1, 0.15) is 0 Å². The molecular formula is C19H26N2. The van der Waals surface area contributed by atoms with E-state index in [9.17, 15) is 0 Å². The lowest BCUT2D eigenvalue weighted by molar-refractivity contribution is 0.497. The van der Waals surface area contributed by atoms with Crippen LogP contribution < -0.4 is 5.32 Å². The summed E-state index contributed by atoms with van der Waals surface area (Å²) in [6, 6.07) is 11.3. The Labute approximate surface area is 128 Å². The zero-order chi connectivity index (χ0) is 15.1. The van der Waals surface area contributed by atoms with Gasteiger partial charge in [-0.2, -0.15) is 0 Å². The van der Waals surface area contributed by atoms with E-state index in [2.05, 4.69) is 61.4 Å². The van der Waals surface area contributed by atoms with E-state index in [4.69, 9.17) is 0 Å². The third kappa shape index (κ3) is 4.40. The van der Waals surface area contributed by atoms with E-state index in [1.165, 1.54) is 22.3 Å². The predicted octanol–water partition coefficient (Wildman–Crippen LogP) is 4.37. The van der Waals surface area contributed by atoms with Crippen molar-refractivity contribution in [1.82, 2.24) is 10.3 Å². The number of nitrogens with one attached hydrogen (secondary N) is 1. The molecule has 0 fully saturated rings. The van der Waals surface area contributed by atoms with Crippen LogP contribution in [0.25, 0.3) is 0 Å². The summed E-state index contributed by atoms with van der Waals surface area (Å²) in [6.07, 6.45) is 7.12. The van der Waals surface area contributed by atoms with Crippen LogP contribution in [0, 0.1) is 13.8 Å².